The summed E-state index contributed by atoms with van der Waals surface area (Å²) >= 11 is 0. The molecule has 0 radical (unpaired) electrons. The SMILES string of the molecule is CCC(C)N1CCC2(CC1)C(=O)N(Cc1cccc3ccccc13)C(=O)N2CCOC. The van der Waals surface area contributed by atoms with Crippen LogP contribution in [-0.2, 0) is 16.1 Å². The Morgan fingerprint density at radius 2 is 1.77 bits per heavy atom. The molecule has 2 heterocycles. The van der Waals surface area contributed by atoms with Crippen molar-refractivity contribution in [2.24, 2.45) is 0 Å². The highest BCUT2D eigenvalue weighted by Crippen LogP contribution is 2.39. The molecule has 1 spiro atoms. The summed E-state index contributed by atoms with van der Waals surface area (Å²) in [6.45, 7) is 7.26. The molecule has 1 unspecified atom stereocenters. The number of likely N-dealkylation sites (tertiary alicyclic amines) is 1. The number of benzene rings is 2. The minimum atomic E-state index is -0.746. The number of nitrogens with zero attached hydrogens (tertiary/aromatic N) is 3. The third kappa shape index (κ3) is 3.83. The standard InChI is InChI=1S/C25H33N3O3/c1-4-19(2)26-14-12-25(13-15-26)23(29)27(24(30)28(25)16-17-31-3)18-21-10-7-9-20-8-5-6-11-22(20)21/h5-11,19H,4,12-18H2,1-3H3. The smallest absolute Gasteiger partial charge is 0.328 e. The van der Waals surface area contributed by atoms with Gasteiger partial charge in [0.2, 0.25) is 0 Å². The van der Waals surface area contributed by atoms with E-state index in [2.05, 4.69) is 36.9 Å². The van der Waals surface area contributed by atoms with Gasteiger partial charge in [0.05, 0.1) is 13.2 Å². The number of rotatable bonds is 7. The van der Waals surface area contributed by atoms with E-state index in [1.807, 2.05) is 24.3 Å². The predicted octanol–water partition coefficient (Wildman–Crippen LogP) is 3.88. The van der Waals surface area contributed by atoms with Gasteiger partial charge in [0.15, 0.2) is 0 Å². The molecule has 2 fully saturated rings. The highest BCUT2D eigenvalue weighted by Gasteiger charge is 2.57. The van der Waals surface area contributed by atoms with Gasteiger partial charge in [0.1, 0.15) is 5.54 Å². The van der Waals surface area contributed by atoms with Crippen molar-refractivity contribution in [1.82, 2.24) is 14.7 Å². The highest BCUT2D eigenvalue weighted by atomic mass is 16.5. The van der Waals surface area contributed by atoms with Crippen molar-refractivity contribution >= 4 is 22.7 Å². The number of methoxy groups -OCH3 is 1. The van der Waals surface area contributed by atoms with E-state index in [-0.39, 0.29) is 11.9 Å². The minimum Gasteiger partial charge on any atom is -0.383 e. The Morgan fingerprint density at radius 3 is 2.48 bits per heavy atom. The maximum Gasteiger partial charge on any atom is 0.328 e. The van der Waals surface area contributed by atoms with E-state index < -0.39 is 5.54 Å². The molecule has 2 saturated heterocycles. The number of piperidine rings is 1. The molecule has 2 aliphatic heterocycles. The number of amides is 3. The number of imide groups is 1. The van der Waals surface area contributed by atoms with Gasteiger partial charge in [-0.05, 0) is 42.5 Å². The summed E-state index contributed by atoms with van der Waals surface area (Å²) in [4.78, 5) is 32.9. The minimum absolute atomic E-state index is 0.0506. The van der Waals surface area contributed by atoms with E-state index in [9.17, 15) is 9.59 Å². The first kappa shape index (κ1) is 21.8. The van der Waals surface area contributed by atoms with Crippen LogP contribution >= 0.6 is 0 Å². The van der Waals surface area contributed by atoms with Crippen molar-refractivity contribution in [1.29, 1.82) is 0 Å². The van der Waals surface area contributed by atoms with Crippen molar-refractivity contribution < 1.29 is 14.3 Å². The van der Waals surface area contributed by atoms with Crippen LogP contribution in [0.2, 0.25) is 0 Å². The van der Waals surface area contributed by atoms with Crippen LogP contribution in [0.4, 0.5) is 4.79 Å². The lowest BCUT2D eigenvalue weighted by Crippen LogP contribution is -2.58. The molecule has 6 heteroatoms. The molecule has 31 heavy (non-hydrogen) atoms. The lowest BCUT2D eigenvalue weighted by Gasteiger charge is -2.43. The van der Waals surface area contributed by atoms with Gasteiger partial charge in [-0.25, -0.2) is 4.79 Å². The lowest BCUT2D eigenvalue weighted by atomic mass is 9.85. The molecule has 2 aliphatic rings. The molecule has 0 aliphatic carbocycles. The van der Waals surface area contributed by atoms with Crippen molar-refractivity contribution in [2.45, 2.75) is 51.2 Å². The normalized spacial score (nSPS) is 20.2. The largest absolute Gasteiger partial charge is 0.383 e. The molecule has 4 rings (SSSR count). The van der Waals surface area contributed by atoms with Crippen LogP contribution < -0.4 is 0 Å². The topological polar surface area (TPSA) is 53.1 Å². The van der Waals surface area contributed by atoms with Gasteiger partial charge >= 0.3 is 6.03 Å². The van der Waals surface area contributed by atoms with E-state index in [1.165, 1.54) is 4.90 Å². The molecule has 2 aromatic rings. The Balaban J connectivity index is 1.62. The zero-order valence-corrected chi connectivity index (χ0v) is 18.8. The number of ether oxygens (including phenoxy) is 1. The van der Waals surface area contributed by atoms with Gasteiger partial charge in [0, 0.05) is 32.8 Å². The average Bonchev–Trinajstić information content (AvgIpc) is 2.99. The summed E-state index contributed by atoms with van der Waals surface area (Å²) in [7, 11) is 1.63. The maximum atomic E-state index is 13.8. The van der Waals surface area contributed by atoms with Crippen molar-refractivity contribution in [3.8, 4) is 0 Å². The Kier molecular flexibility index (Phi) is 6.30. The fraction of sp³-hybridized carbons (Fsp3) is 0.520. The number of urea groups is 1. The van der Waals surface area contributed by atoms with Gasteiger partial charge < -0.3 is 14.5 Å². The maximum absolute atomic E-state index is 13.8. The zero-order valence-electron chi connectivity index (χ0n) is 18.8. The summed E-state index contributed by atoms with van der Waals surface area (Å²) < 4.78 is 5.28. The quantitative estimate of drug-likeness (QED) is 0.634. The van der Waals surface area contributed by atoms with Crippen LogP contribution in [0.15, 0.2) is 42.5 Å². The van der Waals surface area contributed by atoms with Gasteiger partial charge in [-0.2, -0.15) is 0 Å². The fourth-order valence-corrected chi connectivity index (χ4v) is 5.09. The van der Waals surface area contributed by atoms with Gasteiger partial charge in [0.25, 0.3) is 5.91 Å². The van der Waals surface area contributed by atoms with Gasteiger partial charge in [-0.15, -0.1) is 0 Å². The molecular formula is C25H33N3O3. The average molecular weight is 424 g/mol. The van der Waals surface area contributed by atoms with Crippen LogP contribution in [0, 0.1) is 0 Å². The van der Waals surface area contributed by atoms with Crippen molar-refractivity contribution in [3.63, 3.8) is 0 Å². The van der Waals surface area contributed by atoms with E-state index in [0.29, 0.717) is 38.6 Å². The number of fused-ring (bicyclic) bond motifs is 1. The molecule has 6 nitrogen and oxygen atoms in total. The predicted molar refractivity (Wildman–Crippen MR) is 122 cm³/mol. The van der Waals surface area contributed by atoms with Crippen LogP contribution in [0.3, 0.4) is 0 Å². The molecular weight excluding hydrogens is 390 g/mol. The van der Waals surface area contributed by atoms with Crippen molar-refractivity contribution in [2.75, 3.05) is 33.4 Å². The van der Waals surface area contributed by atoms with Gasteiger partial charge in [-0.1, -0.05) is 49.4 Å². The van der Waals surface area contributed by atoms with Crippen LogP contribution in [0.5, 0.6) is 0 Å². The van der Waals surface area contributed by atoms with E-state index in [1.54, 1.807) is 12.0 Å². The summed E-state index contributed by atoms with van der Waals surface area (Å²) in [5, 5.41) is 2.20. The monoisotopic (exact) mass is 423 g/mol. The first-order valence-corrected chi connectivity index (χ1v) is 11.3. The third-order valence-electron chi connectivity index (χ3n) is 7.19. The van der Waals surface area contributed by atoms with Crippen LogP contribution in [-0.4, -0.2) is 71.6 Å². The second-order valence-corrected chi connectivity index (χ2v) is 8.78. The van der Waals surface area contributed by atoms with Gasteiger partial charge in [-0.3, -0.25) is 9.69 Å². The van der Waals surface area contributed by atoms with E-state index >= 15 is 0 Å². The molecule has 0 aromatic heterocycles. The van der Waals surface area contributed by atoms with Crippen molar-refractivity contribution in [3.05, 3.63) is 48.0 Å². The summed E-state index contributed by atoms with van der Waals surface area (Å²) in [5.74, 6) is -0.0506. The number of hydrogen-bond donors (Lipinski definition) is 0. The fourth-order valence-electron chi connectivity index (χ4n) is 5.09. The van der Waals surface area contributed by atoms with E-state index in [0.717, 1.165) is 35.8 Å². The Labute approximate surface area is 184 Å². The zero-order chi connectivity index (χ0) is 22.0. The summed E-state index contributed by atoms with van der Waals surface area (Å²) in [6.07, 6.45) is 2.44. The molecule has 166 valence electrons. The molecule has 3 amide bonds. The molecule has 1 atom stereocenters. The molecule has 0 bridgehead atoms. The lowest BCUT2D eigenvalue weighted by molar-refractivity contribution is -0.136. The molecule has 0 saturated carbocycles. The summed E-state index contributed by atoms with van der Waals surface area (Å²) in [6, 6.07) is 14.5. The van der Waals surface area contributed by atoms with Crippen LogP contribution in [0.1, 0.15) is 38.7 Å². The Hall–Kier alpha value is -2.44. The third-order valence-corrected chi connectivity index (χ3v) is 7.19. The Morgan fingerprint density at radius 1 is 1.06 bits per heavy atom. The first-order valence-electron chi connectivity index (χ1n) is 11.3. The first-order chi connectivity index (χ1) is 15.0. The number of carbonyl (C=O) groups is 2. The number of hydrogen-bond acceptors (Lipinski definition) is 4. The second kappa shape index (κ2) is 8.97. The van der Waals surface area contributed by atoms with E-state index in [4.69, 9.17) is 4.74 Å². The Bertz CT molecular complexity index is 947. The highest BCUT2D eigenvalue weighted by molar-refractivity contribution is 6.07. The molecule has 0 N–H and O–H groups in total. The second-order valence-electron chi connectivity index (χ2n) is 8.78. The number of carbonyl (C=O) groups excluding carboxylic acids is 2. The summed E-state index contributed by atoms with van der Waals surface area (Å²) in [5.41, 5.74) is 0.255. The molecule has 2 aromatic carbocycles. The van der Waals surface area contributed by atoms with Crippen LogP contribution in [0.25, 0.3) is 10.8 Å².